The van der Waals surface area contributed by atoms with Crippen molar-refractivity contribution < 1.29 is 9.18 Å². The number of amides is 1. The lowest BCUT2D eigenvalue weighted by Crippen LogP contribution is -2.31. The molecule has 2 nitrogen and oxygen atoms in total. The lowest BCUT2D eigenvalue weighted by Gasteiger charge is -2.10. The van der Waals surface area contributed by atoms with Crippen molar-refractivity contribution in [2.75, 3.05) is 0 Å². The smallest absolute Gasteiger partial charge is 0.251 e. The van der Waals surface area contributed by atoms with Crippen molar-refractivity contribution >= 4 is 5.91 Å². The zero-order valence-electron chi connectivity index (χ0n) is 8.38. The molecule has 1 N–H and O–H groups in total. The van der Waals surface area contributed by atoms with Gasteiger partial charge in [-0.3, -0.25) is 4.79 Å². The first-order chi connectivity index (χ1) is 6.63. The van der Waals surface area contributed by atoms with Gasteiger partial charge in [-0.05, 0) is 37.6 Å². The summed E-state index contributed by atoms with van der Waals surface area (Å²) in [6, 6.07) is 5.67. The van der Waals surface area contributed by atoms with Gasteiger partial charge in [0.05, 0.1) is 0 Å². The van der Waals surface area contributed by atoms with Gasteiger partial charge in [-0.2, -0.15) is 0 Å². The first-order valence-corrected chi connectivity index (χ1v) is 4.70. The van der Waals surface area contributed by atoms with Gasteiger partial charge in [0.2, 0.25) is 0 Å². The molecule has 1 amide bonds. The third-order valence-electron chi connectivity index (χ3n) is 2.10. The molecule has 1 aromatic rings. The molecular weight excluding hydrogens is 181 g/mol. The van der Waals surface area contributed by atoms with Crippen molar-refractivity contribution in [2.45, 2.75) is 26.3 Å². The van der Waals surface area contributed by atoms with Crippen LogP contribution in [0.5, 0.6) is 0 Å². The second-order valence-electron chi connectivity index (χ2n) is 3.29. The van der Waals surface area contributed by atoms with Crippen LogP contribution in [0.15, 0.2) is 24.3 Å². The lowest BCUT2D eigenvalue weighted by molar-refractivity contribution is 0.0939. The molecule has 1 unspecified atom stereocenters. The third-order valence-corrected chi connectivity index (χ3v) is 2.10. The molecule has 0 spiro atoms. The number of nitrogens with one attached hydrogen (secondary N) is 1. The van der Waals surface area contributed by atoms with Gasteiger partial charge in [-0.15, -0.1) is 0 Å². The number of benzene rings is 1. The minimum absolute atomic E-state index is 0.146. The molecule has 3 heteroatoms. The van der Waals surface area contributed by atoms with Crippen molar-refractivity contribution in [3.05, 3.63) is 35.6 Å². The van der Waals surface area contributed by atoms with Gasteiger partial charge >= 0.3 is 0 Å². The summed E-state index contributed by atoms with van der Waals surface area (Å²) in [7, 11) is 0. The zero-order chi connectivity index (χ0) is 10.6. The van der Waals surface area contributed by atoms with E-state index in [0.717, 1.165) is 6.42 Å². The Kier molecular flexibility index (Phi) is 3.63. The predicted molar refractivity (Wildman–Crippen MR) is 53.6 cm³/mol. The quantitative estimate of drug-likeness (QED) is 0.788. The zero-order valence-corrected chi connectivity index (χ0v) is 8.38. The van der Waals surface area contributed by atoms with Crippen LogP contribution in [0.1, 0.15) is 30.6 Å². The van der Waals surface area contributed by atoms with Gasteiger partial charge in [0.1, 0.15) is 5.82 Å². The van der Waals surface area contributed by atoms with E-state index in [-0.39, 0.29) is 17.8 Å². The Morgan fingerprint density at radius 3 is 2.50 bits per heavy atom. The maximum absolute atomic E-state index is 12.5. The molecule has 1 atom stereocenters. The summed E-state index contributed by atoms with van der Waals surface area (Å²) in [6.45, 7) is 3.93. The highest BCUT2D eigenvalue weighted by molar-refractivity contribution is 5.94. The van der Waals surface area contributed by atoms with Crippen LogP contribution in [-0.4, -0.2) is 11.9 Å². The van der Waals surface area contributed by atoms with Crippen LogP contribution >= 0.6 is 0 Å². The predicted octanol–water partition coefficient (Wildman–Crippen LogP) is 2.35. The average Bonchev–Trinajstić information content (AvgIpc) is 2.18. The van der Waals surface area contributed by atoms with Gasteiger partial charge < -0.3 is 5.32 Å². The monoisotopic (exact) mass is 195 g/mol. The molecule has 0 saturated carbocycles. The van der Waals surface area contributed by atoms with Crippen LogP contribution in [0.25, 0.3) is 0 Å². The molecule has 76 valence electrons. The average molecular weight is 195 g/mol. The maximum Gasteiger partial charge on any atom is 0.251 e. The minimum Gasteiger partial charge on any atom is -0.350 e. The van der Waals surface area contributed by atoms with E-state index in [0.29, 0.717) is 5.56 Å². The van der Waals surface area contributed by atoms with E-state index in [9.17, 15) is 9.18 Å². The highest BCUT2D eigenvalue weighted by Gasteiger charge is 2.07. The van der Waals surface area contributed by atoms with Gasteiger partial charge in [0.15, 0.2) is 0 Å². The number of carbonyl (C=O) groups excluding carboxylic acids is 1. The second-order valence-corrected chi connectivity index (χ2v) is 3.29. The van der Waals surface area contributed by atoms with E-state index < -0.39 is 0 Å². The number of halogens is 1. The molecule has 0 fully saturated rings. The van der Waals surface area contributed by atoms with E-state index in [2.05, 4.69) is 5.32 Å². The molecule has 0 saturated heterocycles. The second kappa shape index (κ2) is 4.74. The largest absolute Gasteiger partial charge is 0.350 e. The number of hydrogen-bond acceptors (Lipinski definition) is 1. The number of carbonyl (C=O) groups is 1. The number of rotatable bonds is 3. The topological polar surface area (TPSA) is 29.1 Å². The Balaban J connectivity index is 2.65. The molecule has 0 aliphatic heterocycles. The highest BCUT2D eigenvalue weighted by Crippen LogP contribution is 2.03. The third kappa shape index (κ3) is 2.83. The lowest BCUT2D eigenvalue weighted by atomic mass is 10.2. The van der Waals surface area contributed by atoms with Crippen molar-refractivity contribution in [1.29, 1.82) is 0 Å². The summed E-state index contributed by atoms with van der Waals surface area (Å²) < 4.78 is 12.5. The minimum atomic E-state index is -0.329. The molecule has 0 aliphatic rings. The maximum atomic E-state index is 12.5. The first kappa shape index (κ1) is 10.7. The van der Waals surface area contributed by atoms with Crippen LogP contribution in [0, 0.1) is 5.82 Å². The van der Waals surface area contributed by atoms with Gasteiger partial charge in [-0.25, -0.2) is 4.39 Å². The fourth-order valence-electron chi connectivity index (χ4n) is 1.01. The fraction of sp³-hybridized carbons (Fsp3) is 0.364. The van der Waals surface area contributed by atoms with E-state index in [1.807, 2.05) is 13.8 Å². The summed E-state index contributed by atoms with van der Waals surface area (Å²) in [5.41, 5.74) is 0.492. The standard InChI is InChI=1S/C11H14FNO/c1-3-8(2)13-11(14)9-4-6-10(12)7-5-9/h4-8H,3H2,1-2H3,(H,13,14). The molecule has 0 aromatic heterocycles. The van der Waals surface area contributed by atoms with E-state index in [1.165, 1.54) is 24.3 Å². The highest BCUT2D eigenvalue weighted by atomic mass is 19.1. The Bertz CT molecular complexity index is 308. The van der Waals surface area contributed by atoms with Gasteiger partial charge in [0.25, 0.3) is 5.91 Å². The van der Waals surface area contributed by atoms with Crippen molar-refractivity contribution in [3.8, 4) is 0 Å². The molecule has 0 heterocycles. The van der Waals surface area contributed by atoms with Gasteiger partial charge in [0, 0.05) is 11.6 Å². The summed E-state index contributed by atoms with van der Waals surface area (Å²) in [4.78, 5) is 11.5. The molecular formula is C11H14FNO. The number of hydrogen-bond donors (Lipinski definition) is 1. The Labute approximate surface area is 83.1 Å². The summed E-state index contributed by atoms with van der Waals surface area (Å²) >= 11 is 0. The normalized spacial score (nSPS) is 12.2. The van der Waals surface area contributed by atoms with Crippen molar-refractivity contribution in [3.63, 3.8) is 0 Å². The molecule has 14 heavy (non-hydrogen) atoms. The van der Waals surface area contributed by atoms with Crippen LogP contribution in [0.3, 0.4) is 0 Å². The Morgan fingerprint density at radius 1 is 1.43 bits per heavy atom. The van der Waals surface area contributed by atoms with Crippen molar-refractivity contribution in [1.82, 2.24) is 5.32 Å². The molecule has 0 bridgehead atoms. The fourth-order valence-corrected chi connectivity index (χ4v) is 1.01. The SMILES string of the molecule is CCC(C)NC(=O)c1ccc(F)cc1. The summed E-state index contributed by atoms with van der Waals surface area (Å²) in [5, 5.41) is 2.80. The molecule has 1 rings (SSSR count). The summed E-state index contributed by atoms with van der Waals surface area (Å²) in [6.07, 6.45) is 0.882. The van der Waals surface area contributed by atoms with Crippen LogP contribution in [0.2, 0.25) is 0 Å². The van der Waals surface area contributed by atoms with Gasteiger partial charge in [-0.1, -0.05) is 6.92 Å². The summed E-state index contributed by atoms with van der Waals surface area (Å²) in [5.74, 6) is -0.482. The Morgan fingerprint density at radius 2 is 2.00 bits per heavy atom. The molecule has 0 aliphatic carbocycles. The van der Waals surface area contributed by atoms with Crippen LogP contribution in [-0.2, 0) is 0 Å². The molecule has 0 radical (unpaired) electrons. The Hall–Kier alpha value is -1.38. The van der Waals surface area contributed by atoms with Crippen LogP contribution in [0.4, 0.5) is 4.39 Å². The van der Waals surface area contributed by atoms with Crippen LogP contribution < -0.4 is 5.32 Å². The first-order valence-electron chi connectivity index (χ1n) is 4.70. The molecule has 1 aromatic carbocycles. The van der Waals surface area contributed by atoms with E-state index in [1.54, 1.807) is 0 Å². The van der Waals surface area contributed by atoms with E-state index >= 15 is 0 Å². The van der Waals surface area contributed by atoms with E-state index in [4.69, 9.17) is 0 Å². The van der Waals surface area contributed by atoms with Crippen molar-refractivity contribution in [2.24, 2.45) is 0 Å².